The lowest BCUT2D eigenvalue weighted by molar-refractivity contribution is 0.234. The molecular formula is C15H24N2O. The summed E-state index contributed by atoms with van der Waals surface area (Å²) >= 11 is 0. The molecule has 1 aromatic rings. The van der Waals surface area contributed by atoms with E-state index in [2.05, 4.69) is 29.4 Å². The first-order chi connectivity index (χ1) is 8.56. The van der Waals surface area contributed by atoms with E-state index >= 15 is 0 Å². The molecule has 18 heavy (non-hydrogen) atoms. The summed E-state index contributed by atoms with van der Waals surface area (Å²) in [6, 6.07) is 4.78. The monoisotopic (exact) mass is 248 g/mol. The first-order valence-corrected chi connectivity index (χ1v) is 6.77. The van der Waals surface area contributed by atoms with Crippen LogP contribution in [-0.4, -0.2) is 36.2 Å². The van der Waals surface area contributed by atoms with E-state index in [0.717, 1.165) is 17.7 Å². The average molecular weight is 248 g/mol. The quantitative estimate of drug-likeness (QED) is 0.861. The Hall–Kier alpha value is -1.06. The van der Waals surface area contributed by atoms with Crippen molar-refractivity contribution in [1.82, 2.24) is 10.2 Å². The van der Waals surface area contributed by atoms with Crippen molar-refractivity contribution in [2.75, 3.05) is 20.1 Å². The van der Waals surface area contributed by atoms with Crippen LogP contribution in [0.5, 0.6) is 5.75 Å². The number of phenols is 1. The third-order valence-corrected chi connectivity index (χ3v) is 3.86. The van der Waals surface area contributed by atoms with Gasteiger partial charge in [-0.05, 0) is 63.5 Å². The van der Waals surface area contributed by atoms with Crippen LogP contribution < -0.4 is 5.32 Å². The van der Waals surface area contributed by atoms with E-state index in [9.17, 15) is 5.11 Å². The highest BCUT2D eigenvalue weighted by molar-refractivity contribution is 5.42. The number of aryl methyl sites for hydroxylation is 2. The van der Waals surface area contributed by atoms with Crippen LogP contribution in [0.3, 0.4) is 0 Å². The van der Waals surface area contributed by atoms with Gasteiger partial charge >= 0.3 is 0 Å². The number of piperidine rings is 1. The number of nitrogens with zero attached hydrogens (tertiary/aromatic N) is 1. The van der Waals surface area contributed by atoms with Gasteiger partial charge in [0.15, 0.2) is 0 Å². The number of benzene rings is 1. The molecular weight excluding hydrogens is 224 g/mol. The minimum Gasteiger partial charge on any atom is -0.507 e. The van der Waals surface area contributed by atoms with Crippen molar-refractivity contribution in [3.63, 3.8) is 0 Å². The third-order valence-electron chi connectivity index (χ3n) is 3.86. The molecule has 2 N–H and O–H groups in total. The van der Waals surface area contributed by atoms with Gasteiger partial charge in [0, 0.05) is 12.6 Å². The first kappa shape index (κ1) is 13.4. The van der Waals surface area contributed by atoms with Crippen LogP contribution in [0.1, 0.15) is 29.5 Å². The summed E-state index contributed by atoms with van der Waals surface area (Å²) in [4.78, 5) is 2.38. The van der Waals surface area contributed by atoms with Gasteiger partial charge in [0.05, 0.1) is 0 Å². The van der Waals surface area contributed by atoms with Gasteiger partial charge in [0.1, 0.15) is 5.75 Å². The average Bonchev–Trinajstić information content (AvgIpc) is 2.35. The van der Waals surface area contributed by atoms with E-state index in [-0.39, 0.29) is 0 Å². The maximum absolute atomic E-state index is 9.75. The summed E-state index contributed by atoms with van der Waals surface area (Å²) in [5, 5.41) is 13.4. The van der Waals surface area contributed by atoms with E-state index in [1.54, 1.807) is 0 Å². The molecule has 1 saturated heterocycles. The zero-order valence-electron chi connectivity index (χ0n) is 11.7. The van der Waals surface area contributed by atoms with Crippen molar-refractivity contribution in [2.24, 2.45) is 0 Å². The van der Waals surface area contributed by atoms with Crippen molar-refractivity contribution >= 4 is 0 Å². The second-order valence-electron chi connectivity index (χ2n) is 5.54. The molecule has 0 atom stereocenters. The van der Waals surface area contributed by atoms with Crippen LogP contribution >= 0.6 is 0 Å². The molecule has 0 saturated carbocycles. The van der Waals surface area contributed by atoms with Gasteiger partial charge < -0.3 is 15.3 Å². The topological polar surface area (TPSA) is 35.5 Å². The maximum Gasteiger partial charge on any atom is 0.121 e. The van der Waals surface area contributed by atoms with E-state index in [0.29, 0.717) is 11.8 Å². The molecule has 3 nitrogen and oxygen atoms in total. The molecule has 0 spiro atoms. The van der Waals surface area contributed by atoms with Crippen molar-refractivity contribution in [3.05, 3.63) is 28.8 Å². The Balaban J connectivity index is 1.90. The van der Waals surface area contributed by atoms with E-state index in [1.165, 1.54) is 31.5 Å². The summed E-state index contributed by atoms with van der Waals surface area (Å²) in [5.74, 6) is 0.429. The lowest BCUT2D eigenvalue weighted by atomic mass is 10.0. The van der Waals surface area contributed by atoms with Gasteiger partial charge in [0.2, 0.25) is 0 Å². The molecule has 1 heterocycles. The van der Waals surface area contributed by atoms with Crippen molar-refractivity contribution in [3.8, 4) is 5.75 Å². The normalized spacial score (nSPS) is 18.2. The number of hydrogen-bond acceptors (Lipinski definition) is 3. The minimum atomic E-state index is 0.429. The summed E-state index contributed by atoms with van der Waals surface area (Å²) in [5.41, 5.74) is 3.20. The third kappa shape index (κ3) is 3.24. The molecule has 1 fully saturated rings. The number of nitrogens with one attached hydrogen (secondary N) is 1. The van der Waals surface area contributed by atoms with Crippen LogP contribution in [0.4, 0.5) is 0 Å². The number of hydrogen-bond donors (Lipinski definition) is 2. The van der Waals surface area contributed by atoms with Gasteiger partial charge in [-0.1, -0.05) is 12.1 Å². The van der Waals surface area contributed by atoms with E-state index in [1.807, 2.05) is 13.8 Å². The molecule has 0 aromatic heterocycles. The molecule has 0 radical (unpaired) electrons. The highest BCUT2D eigenvalue weighted by Gasteiger charge is 2.15. The predicted octanol–water partition coefficient (Wildman–Crippen LogP) is 2.19. The highest BCUT2D eigenvalue weighted by atomic mass is 16.3. The fourth-order valence-electron chi connectivity index (χ4n) is 2.62. The Morgan fingerprint density at radius 1 is 1.22 bits per heavy atom. The Bertz CT molecular complexity index is 386. The van der Waals surface area contributed by atoms with Gasteiger partial charge in [-0.3, -0.25) is 0 Å². The molecule has 100 valence electrons. The predicted molar refractivity (Wildman–Crippen MR) is 74.9 cm³/mol. The lowest BCUT2D eigenvalue weighted by Crippen LogP contribution is -2.40. The fourth-order valence-corrected chi connectivity index (χ4v) is 2.62. The molecule has 2 rings (SSSR count). The summed E-state index contributed by atoms with van der Waals surface area (Å²) in [6.07, 6.45) is 2.46. The second-order valence-corrected chi connectivity index (χ2v) is 5.54. The number of phenolic OH excluding ortho intramolecular Hbond substituents is 1. The fraction of sp³-hybridized carbons (Fsp3) is 0.600. The number of likely N-dealkylation sites (tertiary alicyclic amines) is 1. The van der Waals surface area contributed by atoms with Crippen molar-refractivity contribution in [1.29, 1.82) is 0 Å². The van der Waals surface area contributed by atoms with Crippen LogP contribution in [0.2, 0.25) is 0 Å². The molecule has 0 unspecified atom stereocenters. The van der Waals surface area contributed by atoms with Crippen molar-refractivity contribution < 1.29 is 5.11 Å². The molecule has 1 aliphatic rings. The Morgan fingerprint density at radius 2 is 1.78 bits per heavy atom. The zero-order chi connectivity index (χ0) is 13.1. The molecule has 1 aromatic carbocycles. The van der Waals surface area contributed by atoms with Crippen LogP contribution in [0.15, 0.2) is 12.1 Å². The van der Waals surface area contributed by atoms with Gasteiger partial charge in [-0.15, -0.1) is 0 Å². The van der Waals surface area contributed by atoms with Crippen LogP contribution in [0, 0.1) is 13.8 Å². The standard InChI is InChI=1S/C15H24N2O/c1-11-8-13(9-12(2)15(11)18)10-16-14-4-6-17(3)7-5-14/h8-9,14,16,18H,4-7,10H2,1-3H3. The Morgan fingerprint density at radius 3 is 2.33 bits per heavy atom. The van der Waals surface area contributed by atoms with Crippen LogP contribution in [0.25, 0.3) is 0 Å². The number of rotatable bonds is 3. The molecule has 0 bridgehead atoms. The second kappa shape index (κ2) is 5.72. The Labute approximate surface area is 110 Å². The molecule has 0 amide bonds. The van der Waals surface area contributed by atoms with E-state index in [4.69, 9.17) is 0 Å². The largest absolute Gasteiger partial charge is 0.507 e. The highest BCUT2D eigenvalue weighted by Crippen LogP contribution is 2.23. The van der Waals surface area contributed by atoms with Gasteiger partial charge in [0.25, 0.3) is 0 Å². The minimum absolute atomic E-state index is 0.429. The van der Waals surface area contributed by atoms with Crippen LogP contribution in [-0.2, 0) is 6.54 Å². The van der Waals surface area contributed by atoms with Gasteiger partial charge in [-0.2, -0.15) is 0 Å². The maximum atomic E-state index is 9.75. The summed E-state index contributed by atoms with van der Waals surface area (Å²) < 4.78 is 0. The summed E-state index contributed by atoms with van der Waals surface area (Å²) in [7, 11) is 2.18. The van der Waals surface area contributed by atoms with Crippen molar-refractivity contribution in [2.45, 2.75) is 39.3 Å². The Kier molecular flexibility index (Phi) is 4.25. The lowest BCUT2D eigenvalue weighted by Gasteiger charge is -2.29. The van der Waals surface area contributed by atoms with E-state index < -0.39 is 0 Å². The molecule has 0 aliphatic carbocycles. The number of aromatic hydroxyl groups is 1. The first-order valence-electron chi connectivity index (χ1n) is 6.77. The molecule has 1 aliphatic heterocycles. The summed E-state index contributed by atoms with van der Waals surface area (Å²) in [6.45, 7) is 7.19. The molecule has 3 heteroatoms. The smallest absolute Gasteiger partial charge is 0.121 e. The van der Waals surface area contributed by atoms with Gasteiger partial charge in [-0.25, -0.2) is 0 Å². The zero-order valence-corrected chi connectivity index (χ0v) is 11.7. The SMILES string of the molecule is Cc1cc(CNC2CCN(C)CC2)cc(C)c1O.